The van der Waals surface area contributed by atoms with Gasteiger partial charge in [-0.1, -0.05) is 0 Å². The lowest BCUT2D eigenvalue weighted by Crippen LogP contribution is -2.08. The van der Waals surface area contributed by atoms with E-state index in [0.29, 0.717) is 6.61 Å². The molecule has 0 radical (unpaired) electrons. The largest absolute Gasteiger partial charge is 0.448 e. The standard InChI is InChI=1S/C9H16N2O2/c1-3-12-5-4-9-8(6-10-2)11-7-13-9/h7,10H,3-6H2,1-2H3. The topological polar surface area (TPSA) is 47.3 Å². The van der Waals surface area contributed by atoms with Gasteiger partial charge in [0.25, 0.3) is 0 Å². The van der Waals surface area contributed by atoms with Gasteiger partial charge in [-0.05, 0) is 14.0 Å². The molecule has 13 heavy (non-hydrogen) atoms. The van der Waals surface area contributed by atoms with Crippen LogP contribution in [0.25, 0.3) is 0 Å². The zero-order valence-corrected chi connectivity index (χ0v) is 8.17. The summed E-state index contributed by atoms with van der Waals surface area (Å²) in [5, 5.41) is 3.04. The molecule has 0 saturated carbocycles. The molecule has 0 spiro atoms. The zero-order valence-electron chi connectivity index (χ0n) is 8.17. The lowest BCUT2D eigenvalue weighted by Gasteiger charge is -2.00. The van der Waals surface area contributed by atoms with Crippen molar-refractivity contribution in [1.82, 2.24) is 10.3 Å². The second kappa shape index (κ2) is 5.72. The number of hydrogen-bond acceptors (Lipinski definition) is 4. The van der Waals surface area contributed by atoms with Crippen molar-refractivity contribution in [2.24, 2.45) is 0 Å². The number of rotatable bonds is 6. The van der Waals surface area contributed by atoms with Crippen LogP contribution in [0.15, 0.2) is 10.8 Å². The lowest BCUT2D eigenvalue weighted by molar-refractivity contribution is 0.146. The summed E-state index contributed by atoms with van der Waals surface area (Å²) in [5.74, 6) is 0.919. The third kappa shape index (κ3) is 3.16. The number of nitrogens with one attached hydrogen (secondary N) is 1. The van der Waals surface area contributed by atoms with Crippen LogP contribution in [0.3, 0.4) is 0 Å². The first kappa shape index (κ1) is 10.2. The van der Waals surface area contributed by atoms with E-state index in [1.165, 1.54) is 6.39 Å². The average Bonchev–Trinajstić information content (AvgIpc) is 2.54. The fourth-order valence-corrected chi connectivity index (χ4v) is 1.12. The summed E-state index contributed by atoms with van der Waals surface area (Å²) < 4.78 is 10.5. The van der Waals surface area contributed by atoms with E-state index in [4.69, 9.17) is 9.15 Å². The molecule has 0 fully saturated rings. The second-order valence-electron chi connectivity index (χ2n) is 2.70. The molecule has 0 aliphatic heterocycles. The summed E-state index contributed by atoms with van der Waals surface area (Å²) in [5.41, 5.74) is 0.974. The van der Waals surface area contributed by atoms with Crippen LogP contribution in [-0.2, 0) is 17.7 Å². The summed E-state index contributed by atoms with van der Waals surface area (Å²) in [4.78, 5) is 4.10. The molecule has 1 aromatic rings. The zero-order chi connectivity index (χ0) is 9.52. The number of aromatic nitrogens is 1. The number of oxazole rings is 1. The minimum atomic E-state index is 0.697. The first-order valence-electron chi connectivity index (χ1n) is 4.52. The number of nitrogens with zero attached hydrogens (tertiary/aromatic N) is 1. The summed E-state index contributed by atoms with van der Waals surface area (Å²) >= 11 is 0. The molecule has 0 bridgehead atoms. The lowest BCUT2D eigenvalue weighted by atomic mass is 10.3. The van der Waals surface area contributed by atoms with Gasteiger partial charge in [0.15, 0.2) is 6.39 Å². The van der Waals surface area contributed by atoms with E-state index in [-0.39, 0.29) is 0 Å². The Labute approximate surface area is 78.3 Å². The molecule has 74 valence electrons. The molecule has 0 unspecified atom stereocenters. The molecule has 0 saturated heterocycles. The van der Waals surface area contributed by atoms with E-state index in [1.807, 2.05) is 14.0 Å². The molecule has 0 aromatic carbocycles. The van der Waals surface area contributed by atoms with Crippen LogP contribution in [-0.4, -0.2) is 25.2 Å². The molecule has 4 heteroatoms. The summed E-state index contributed by atoms with van der Waals surface area (Å²) in [6.07, 6.45) is 2.28. The van der Waals surface area contributed by atoms with Gasteiger partial charge < -0.3 is 14.5 Å². The van der Waals surface area contributed by atoms with Crippen LogP contribution < -0.4 is 5.32 Å². The minimum Gasteiger partial charge on any atom is -0.448 e. The third-order valence-electron chi connectivity index (χ3n) is 1.75. The fourth-order valence-electron chi connectivity index (χ4n) is 1.12. The van der Waals surface area contributed by atoms with Crippen LogP contribution in [0, 0.1) is 0 Å². The molecule has 1 aromatic heterocycles. The van der Waals surface area contributed by atoms with Gasteiger partial charge >= 0.3 is 0 Å². The van der Waals surface area contributed by atoms with E-state index < -0.39 is 0 Å². The van der Waals surface area contributed by atoms with E-state index in [1.54, 1.807) is 0 Å². The molecular formula is C9H16N2O2. The first-order valence-corrected chi connectivity index (χ1v) is 4.52. The van der Waals surface area contributed by atoms with Crippen LogP contribution in [0.5, 0.6) is 0 Å². The summed E-state index contributed by atoms with van der Waals surface area (Å²) in [7, 11) is 1.89. The molecule has 0 amide bonds. The second-order valence-corrected chi connectivity index (χ2v) is 2.70. The smallest absolute Gasteiger partial charge is 0.181 e. The van der Waals surface area contributed by atoms with Gasteiger partial charge in [-0.2, -0.15) is 0 Å². The van der Waals surface area contributed by atoms with Crippen molar-refractivity contribution in [1.29, 1.82) is 0 Å². The Kier molecular flexibility index (Phi) is 4.49. The molecule has 1 rings (SSSR count). The molecule has 4 nitrogen and oxygen atoms in total. The Morgan fingerprint density at radius 3 is 3.15 bits per heavy atom. The van der Waals surface area contributed by atoms with Gasteiger partial charge in [-0.3, -0.25) is 0 Å². The Hall–Kier alpha value is -0.870. The summed E-state index contributed by atoms with van der Waals surface area (Å²) in [6.45, 7) is 4.17. The molecule has 1 N–H and O–H groups in total. The predicted octanol–water partition coefficient (Wildman–Crippen LogP) is 0.973. The maximum Gasteiger partial charge on any atom is 0.181 e. The monoisotopic (exact) mass is 184 g/mol. The number of ether oxygens (including phenoxy) is 1. The van der Waals surface area contributed by atoms with Gasteiger partial charge in [0.05, 0.1) is 12.3 Å². The minimum absolute atomic E-state index is 0.697. The fraction of sp³-hybridized carbons (Fsp3) is 0.667. The highest BCUT2D eigenvalue weighted by Gasteiger charge is 2.06. The van der Waals surface area contributed by atoms with E-state index in [0.717, 1.165) is 31.0 Å². The normalized spacial score (nSPS) is 10.6. The van der Waals surface area contributed by atoms with Crippen molar-refractivity contribution in [2.45, 2.75) is 19.9 Å². The van der Waals surface area contributed by atoms with Crippen LogP contribution in [0.1, 0.15) is 18.4 Å². The number of hydrogen-bond donors (Lipinski definition) is 1. The van der Waals surface area contributed by atoms with E-state index in [2.05, 4.69) is 10.3 Å². The first-order chi connectivity index (χ1) is 6.38. The van der Waals surface area contributed by atoms with Crippen molar-refractivity contribution in [3.8, 4) is 0 Å². The third-order valence-corrected chi connectivity index (χ3v) is 1.75. The van der Waals surface area contributed by atoms with Gasteiger partial charge in [-0.25, -0.2) is 4.98 Å². The Morgan fingerprint density at radius 2 is 2.46 bits per heavy atom. The van der Waals surface area contributed by atoms with Crippen LogP contribution >= 0.6 is 0 Å². The molecule has 1 heterocycles. The van der Waals surface area contributed by atoms with Crippen LogP contribution in [0.2, 0.25) is 0 Å². The maximum absolute atomic E-state index is 5.23. The van der Waals surface area contributed by atoms with Gasteiger partial charge in [0.2, 0.25) is 0 Å². The maximum atomic E-state index is 5.23. The highest BCUT2D eigenvalue weighted by molar-refractivity contribution is 5.06. The quantitative estimate of drug-likeness (QED) is 0.669. The van der Waals surface area contributed by atoms with Crippen molar-refractivity contribution in [3.05, 3.63) is 17.8 Å². The summed E-state index contributed by atoms with van der Waals surface area (Å²) in [6, 6.07) is 0. The Morgan fingerprint density at radius 1 is 1.62 bits per heavy atom. The molecular weight excluding hydrogens is 168 g/mol. The van der Waals surface area contributed by atoms with Crippen molar-refractivity contribution >= 4 is 0 Å². The Bertz CT molecular complexity index is 235. The average molecular weight is 184 g/mol. The van der Waals surface area contributed by atoms with Crippen molar-refractivity contribution in [2.75, 3.05) is 20.3 Å². The van der Waals surface area contributed by atoms with E-state index >= 15 is 0 Å². The highest BCUT2D eigenvalue weighted by atomic mass is 16.5. The predicted molar refractivity (Wildman–Crippen MR) is 49.5 cm³/mol. The van der Waals surface area contributed by atoms with Crippen molar-refractivity contribution < 1.29 is 9.15 Å². The van der Waals surface area contributed by atoms with Crippen LogP contribution in [0.4, 0.5) is 0 Å². The van der Waals surface area contributed by atoms with E-state index in [9.17, 15) is 0 Å². The molecule has 0 atom stereocenters. The van der Waals surface area contributed by atoms with Gasteiger partial charge in [0, 0.05) is 19.6 Å². The molecule has 0 aliphatic carbocycles. The highest BCUT2D eigenvalue weighted by Crippen LogP contribution is 2.07. The van der Waals surface area contributed by atoms with Crippen molar-refractivity contribution in [3.63, 3.8) is 0 Å². The molecule has 0 aliphatic rings. The SMILES string of the molecule is CCOCCc1ocnc1CNC. The van der Waals surface area contributed by atoms with Gasteiger partial charge in [-0.15, -0.1) is 0 Å². The van der Waals surface area contributed by atoms with Gasteiger partial charge in [0.1, 0.15) is 5.76 Å². The Balaban J connectivity index is 2.40.